The number of aromatic nitrogens is 1. The molecular weight excluding hydrogens is 376 g/mol. The maximum atomic E-state index is 13.1. The minimum Gasteiger partial charge on any atom is -0.361 e. The number of halogens is 1. The number of aromatic amines is 1. The molecule has 1 amide bonds. The van der Waals surface area contributed by atoms with E-state index in [0.717, 1.165) is 39.5 Å². The number of fused-ring (bicyclic) bond motifs is 1. The molecule has 0 fully saturated rings. The normalized spacial score (nSPS) is 12.3. The van der Waals surface area contributed by atoms with Gasteiger partial charge in [0, 0.05) is 28.1 Å². The molecule has 0 spiro atoms. The number of hydrogen-bond acceptors (Lipinski definition) is 1. The van der Waals surface area contributed by atoms with Gasteiger partial charge in [-0.1, -0.05) is 59.3 Å². The van der Waals surface area contributed by atoms with Crippen molar-refractivity contribution in [1.82, 2.24) is 9.88 Å². The standard InChI is InChI=1S/C21H23BrN2O/c1-3-12-24(15(2)17-8-4-6-10-19(17)22)21(25)13-16-14-23-20-11-7-5-9-18(16)20/h4-11,14-15,23H,3,12-13H2,1-2H3. The fourth-order valence-corrected chi connectivity index (χ4v) is 3.92. The molecular formula is C21H23BrN2O. The Balaban J connectivity index is 1.85. The van der Waals surface area contributed by atoms with E-state index in [9.17, 15) is 4.79 Å². The Bertz CT molecular complexity index is 871. The molecule has 1 atom stereocenters. The topological polar surface area (TPSA) is 36.1 Å². The van der Waals surface area contributed by atoms with E-state index in [4.69, 9.17) is 0 Å². The smallest absolute Gasteiger partial charge is 0.227 e. The summed E-state index contributed by atoms with van der Waals surface area (Å²) < 4.78 is 1.04. The van der Waals surface area contributed by atoms with Crippen LogP contribution in [-0.4, -0.2) is 22.3 Å². The van der Waals surface area contributed by atoms with Crippen LogP contribution in [0.15, 0.2) is 59.2 Å². The van der Waals surface area contributed by atoms with Crippen molar-refractivity contribution in [2.75, 3.05) is 6.54 Å². The summed E-state index contributed by atoms with van der Waals surface area (Å²) >= 11 is 3.62. The quantitative estimate of drug-likeness (QED) is 0.586. The van der Waals surface area contributed by atoms with Gasteiger partial charge in [-0.05, 0) is 36.6 Å². The molecule has 3 rings (SSSR count). The average molecular weight is 399 g/mol. The first-order chi connectivity index (χ1) is 12.1. The van der Waals surface area contributed by atoms with Crippen molar-refractivity contribution in [3.63, 3.8) is 0 Å². The van der Waals surface area contributed by atoms with Gasteiger partial charge in [-0.25, -0.2) is 0 Å². The highest BCUT2D eigenvalue weighted by atomic mass is 79.9. The van der Waals surface area contributed by atoms with Gasteiger partial charge in [-0.2, -0.15) is 0 Å². The molecule has 130 valence electrons. The van der Waals surface area contributed by atoms with Crippen LogP contribution in [0, 0.1) is 0 Å². The predicted octanol–water partition coefficient (Wildman–Crippen LogP) is 5.47. The molecule has 0 aliphatic carbocycles. The Morgan fingerprint density at radius 2 is 1.88 bits per heavy atom. The minimum absolute atomic E-state index is 0.0354. The van der Waals surface area contributed by atoms with Crippen LogP contribution in [0.25, 0.3) is 10.9 Å². The van der Waals surface area contributed by atoms with Crippen molar-refractivity contribution in [2.45, 2.75) is 32.7 Å². The van der Waals surface area contributed by atoms with E-state index in [0.29, 0.717) is 6.42 Å². The lowest BCUT2D eigenvalue weighted by Gasteiger charge is -2.30. The molecule has 0 radical (unpaired) electrons. The maximum absolute atomic E-state index is 13.1. The summed E-state index contributed by atoms with van der Waals surface area (Å²) in [6, 6.07) is 16.3. The lowest BCUT2D eigenvalue weighted by molar-refractivity contribution is -0.132. The molecule has 1 N–H and O–H groups in total. The predicted molar refractivity (Wildman–Crippen MR) is 107 cm³/mol. The summed E-state index contributed by atoms with van der Waals surface area (Å²) in [5, 5.41) is 1.13. The number of rotatable bonds is 6. The lowest BCUT2D eigenvalue weighted by atomic mass is 10.0. The molecule has 1 heterocycles. The molecule has 0 bridgehead atoms. The lowest BCUT2D eigenvalue weighted by Crippen LogP contribution is -2.35. The zero-order valence-electron chi connectivity index (χ0n) is 14.6. The van der Waals surface area contributed by atoms with Crippen molar-refractivity contribution in [2.24, 2.45) is 0 Å². The van der Waals surface area contributed by atoms with Crippen LogP contribution in [0.4, 0.5) is 0 Å². The zero-order valence-corrected chi connectivity index (χ0v) is 16.2. The summed E-state index contributed by atoms with van der Waals surface area (Å²) in [5.41, 5.74) is 3.27. The first-order valence-corrected chi connectivity index (χ1v) is 9.50. The Morgan fingerprint density at radius 1 is 1.16 bits per heavy atom. The average Bonchev–Trinajstić information content (AvgIpc) is 3.02. The van der Waals surface area contributed by atoms with E-state index in [1.165, 1.54) is 0 Å². The van der Waals surface area contributed by atoms with E-state index in [2.05, 4.69) is 46.9 Å². The molecule has 2 aromatic carbocycles. The second kappa shape index (κ2) is 7.87. The first-order valence-electron chi connectivity index (χ1n) is 8.70. The number of carbonyl (C=O) groups excluding carboxylic acids is 1. The summed E-state index contributed by atoms with van der Waals surface area (Å²) in [7, 11) is 0. The van der Waals surface area contributed by atoms with Crippen LogP contribution >= 0.6 is 15.9 Å². The molecule has 1 unspecified atom stereocenters. The highest BCUT2D eigenvalue weighted by Gasteiger charge is 2.23. The van der Waals surface area contributed by atoms with Crippen LogP contribution < -0.4 is 0 Å². The van der Waals surface area contributed by atoms with Gasteiger partial charge < -0.3 is 9.88 Å². The van der Waals surface area contributed by atoms with Crippen molar-refractivity contribution >= 4 is 32.7 Å². The van der Waals surface area contributed by atoms with Gasteiger partial charge in [-0.15, -0.1) is 0 Å². The van der Waals surface area contributed by atoms with Crippen LogP contribution in [0.1, 0.15) is 37.4 Å². The summed E-state index contributed by atoms with van der Waals surface area (Å²) in [6.07, 6.45) is 3.31. The number of H-pyrrole nitrogens is 1. The molecule has 3 nitrogen and oxygen atoms in total. The van der Waals surface area contributed by atoms with Gasteiger partial charge in [0.25, 0.3) is 0 Å². The Kier molecular flexibility index (Phi) is 5.59. The van der Waals surface area contributed by atoms with E-state index in [-0.39, 0.29) is 11.9 Å². The van der Waals surface area contributed by atoms with Gasteiger partial charge in [0.1, 0.15) is 0 Å². The number of nitrogens with zero attached hydrogens (tertiary/aromatic N) is 1. The van der Waals surface area contributed by atoms with Crippen LogP contribution in [-0.2, 0) is 11.2 Å². The number of amides is 1. The van der Waals surface area contributed by atoms with Crippen molar-refractivity contribution < 1.29 is 4.79 Å². The van der Waals surface area contributed by atoms with E-state index in [1.54, 1.807) is 0 Å². The van der Waals surface area contributed by atoms with Crippen LogP contribution in [0.2, 0.25) is 0 Å². The monoisotopic (exact) mass is 398 g/mol. The second-order valence-electron chi connectivity index (χ2n) is 6.32. The Morgan fingerprint density at radius 3 is 2.64 bits per heavy atom. The zero-order chi connectivity index (χ0) is 17.8. The maximum Gasteiger partial charge on any atom is 0.227 e. The fraction of sp³-hybridized carbons (Fsp3) is 0.286. The molecule has 0 saturated heterocycles. The molecule has 0 aliphatic rings. The third kappa shape index (κ3) is 3.79. The Labute approximate surface area is 157 Å². The molecule has 25 heavy (non-hydrogen) atoms. The largest absolute Gasteiger partial charge is 0.361 e. The molecule has 1 aromatic heterocycles. The highest BCUT2D eigenvalue weighted by molar-refractivity contribution is 9.10. The fourth-order valence-electron chi connectivity index (χ4n) is 3.30. The van der Waals surface area contributed by atoms with Crippen LogP contribution in [0.5, 0.6) is 0 Å². The summed E-state index contributed by atoms with van der Waals surface area (Å²) in [4.78, 5) is 18.3. The molecule has 4 heteroatoms. The van der Waals surface area contributed by atoms with Crippen molar-refractivity contribution in [3.8, 4) is 0 Å². The highest BCUT2D eigenvalue weighted by Crippen LogP contribution is 2.28. The molecule has 0 saturated carbocycles. The third-order valence-electron chi connectivity index (χ3n) is 4.62. The van der Waals surface area contributed by atoms with Gasteiger partial charge >= 0.3 is 0 Å². The number of hydrogen-bond donors (Lipinski definition) is 1. The third-order valence-corrected chi connectivity index (χ3v) is 5.35. The van der Waals surface area contributed by atoms with E-state index < -0.39 is 0 Å². The Hall–Kier alpha value is -2.07. The van der Waals surface area contributed by atoms with Gasteiger partial charge in [0.15, 0.2) is 0 Å². The number of nitrogens with one attached hydrogen (secondary N) is 1. The van der Waals surface area contributed by atoms with Gasteiger partial charge in [-0.3, -0.25) is 4.79 Å². The number of para-hydroxylation sites is 1. The van der Waals surface area contributed by atoms with Gasteiger partial charge in [0.05, 0.1) is 12.5 Å². The number of carbonyl (C=O) groups is 1. The van der Waals surface area contributed by atoms with Gasteiger partial charge in [0.2, 0.25) is 5.91 Å². The van der Waals surface area contributed by atoms with E-state index >= 15 is 0 Å². The second-order valence-corrected chi connectivity index (χ2v) is 7.18. The molecule has 3 aromatic rings. The molecule has 0 aliphatic heterocycles. The van der Waals surface area contributed by atoms with Crippen molar-refractivity contribution in [3.05, 3.63) is 70.3 Å². The summed E-state index contributed by atoms with van der Waals surface area (Å²) in [5.74, 6) is 0.162. The minimum atomic E-state index is 0.0354. The number of benzene rings is 2. The first kappa shape index (κ1) is 17.7. The van der Waals surface area contributed by atoms with Crippen LogP contribution in [0.3, 0.4) is 0 Å². The summed E-state index contributed by atoms with van der Waals surface area (Å²) in [6.45, 7) is 4.96. The SMILES string of the molecule is CCCN(C(=O)Cc1c[nH]c2ccccc12)C(C)c1ccccc1Br. The van der Waals surface area contributed by atoms with E-state index in [1.807, 2.05) is 47.5 Å². The van der Waals surface area contributed by atoms with Crippen molar-refractivity contribution in [1.29, 1.82) is 0 Å².